The van der Waals surface area contributed by atoms with Gasteiger partial charge in [0.2, 0.25) is 0 Å². The molecule has 4 aromatic rings. The molecule has 8 fully saturated rings. The van der Waals surface area contributed by atoms with Crippen molar-refractivity contribution in [2.45, 2.75) is 127 Å². The van der Waals surface area contributed by atoms with Crippen LogP contribution in [0.2, 0.25) is 0 Å². The minimum atomic E-state index is -1.19. The van der Waals surface area contributed by atoms with E-state index in [9.17, 15) is 9.59 Å². The quantitative estimate of drug-likeness (QED) is 0.180. The summed E-state index contributed by atoms with van der Waals surface area (Å²) in [5.41, 5.74) is 9.36. The second-order valence-corrected chi connectivity index (χ2v) is 25.1. The molecular weight excluding hydrogens is 1000 g/mol. The zero-order valence-electron chi connectivity index (χ0n) is 45.1. The van der Waals surface area contributed by atoms with E-state index in [0.29, 0.717) is 96.5 Å². The van der Waals surface area contributed by atoms with Crippen LogP contribution in [0.15, 0.2) is 35.8 Å². The summed E-state index contributed by atoms with van der Waals surface area (Å²) < 4.78 is 45.1. The van der Waals surface area contributed by atoms with Crippen LogP contribution in [-0.4, -0.2) is 189 Å². The first-order valence-electron chi connectivity index (χ1n) is 28.3. The average Bonchev–Trinajstić information content (AvgIpc) is 3.77. The van der Waals surface area contributed by atoms with E-state index >= 15 is 4.79 Å². The fourth-order valence-corrected chi connectivity index (χ4v) is 14.3. The SMILES string of the molecule is CO[C@@H](C)c1ncc(N2CCN(C3CC3)CC2)cc1-c1c2c3cc(ccc3n1CCOC1CCOCC1)-c1csc(n1)[C@@H](N1CC3(COC3)C1)[C@H](NC(=O)C13COC(CO1)C3)C(=O)N1CCC[C@H](N1)C(=O)OCC(C)(C)C2. The Balaban J connectivity index is 0.951. The molecule has 8 aliphatic heterocycles. The molecular formula is C57H75N9O10S. The third-order valence-electron chi connectivity index (χ3n) is 17.9. The van der Waals surface area contributed by atoms with Gasteiger partial charge in [-0.15, -0.1) is 11.3 Å². The van der Waals surface area contributed by atoms with E-state index in [1.807, 2.05) is 6.20 Å². The number of hydrazine groups is 1. The number of thiazole rings is 1. The van der Waals surface area contributed by atoms with Crippen LogP contribution in [-0.2, 0) is 60.5 Å². The Labute approximate surface area is 454 Å². The lowest BCUT2D eigenvalue weighted by atomic mass is 9.76. The van der Waals surface area contributed by atoms with Gasteiger partial charge in [0.15, 0.2) is 5.60 Å². The molecule has 19 nitrogen and oxygen atoms in total. The van der Waals surface area contributed by atoms with Gasteiger partial charge in [-0.3, -0.25) is 34.2 Å². The second kappa shape index (κ2) is 20.8. The molecule has 9 aliphatic rings. The van der Waals surface area contributed by atoms with Gasteiger partial charge in [0.05, 0.1) is 93.0 Å². The van der Waals surface area contributed by atoms with Crippen molar-refractivity contribution in [2.75, 3.05) is 111 Å². The summed E-state index contributed by atoms with van der Waals surface area (Å²) >= 11 is 1.50. The van der Waals surface area contributed by atoms with E-state index in [4.69, 9.17) is 43.1 Å². The Kier molecular flexibility index (Phi) is 14.0. The highest BCUT2D eigenvalue weighted by Crippen LogP contribution is 2.47. The number of carbonyl (C=O) groups is 3. The molecule has 20 heteroatoms. The highest BCUT2D eigenvalue weighted by Gasteiger charge is 2.57. The molecule has 3 aromatic heterocycles. The summed E-state index contributed by atoms with van der Waals surface area (Å²) in [5.74, 6) is -1.16. The predicted molar refractivity (Wildman–Crippen MR) is 287 cm³/mol. The Morgan fingerprint density at radius 2 is 1.79 bits per heavy atom. The molecule has 1 aromatic carbocycles. The van der Waals surface area contributed by atoms with Crippen LogP contribution < -0.4 is 15.6 Å². The molecule has 8 bridgehead atoms. The summed E-state index contributed by atoms with van der Waals surface area (Å²) in [6.45, 7) is 16.3. The van der Waals surface area contributed by atoms with Crippen molar-refractivity contribution in [1.82, 2.24) is 40.1 Å². The highest BCUT2D eigenvalue weighted by molar-refractivity contribution is 7.10. The number of cyclic esters (lactones) is 1. The van der Waals surface area contributed by atoms with Gasteiger partial charge in [-0.2, -0.15) is 0 Å². The summed E-state index contributed by atoms with van der Waals surface area (Å²) in [6, 6.07) is 7.18. The maximum Gasteiger partial charge on any atom is 0.324 e. The summed E-state index contributed by atoms with van der Waals surface area (Å²) in [5, 5.41) is 8.60. The Morgan fingerprint density at radius 3 is 2.51 bits per heavy atom. The Hall–Kier alpha value is -4.61. The number of ether oxygens (including phenoxy) is 7. The van der Waals surface area contributed by atoms with Gasteiger partial charge in [-0.1, -0.05) is 19.9 Å². The summed E-state index contributed by atoms with van der Waals surface area (Å²) in [4.78, 5) is 62.5. The fraction of sp³-hybridized carbons (Fsp3) is 0.667. The maximum absolute atomic E-state index is 15.3. The number of likely N-dealkylation sites (tertiary alicyclic amines) is 1. The van der Waals surface area contributed by atoms with Crippen LogP contribution in [0.5, 0.6) is 0 Å². The van der Waals surface area contributed by atoms with Crippen molar-refractivity contribution in [1.29, 1.82) is 0 Å². The van der Waals surface area contributed by atoms with Crippen molar-refractivity contribution in [3.05, 3.63) is 52.1 Å². The number of methoxy groups -OCH3 is 1. The van der Waals surface area contributed by atoms with E-state index in [-0.39, 0.29) is 48.8 Å². The maximum atomic E-state index is 15.3. The lowest BCUT2D eigenvalue weighted by molar-refractivity contribution is -0.203. The fourth-order valence-electron chi connectivity index (χ4n) is 13.3. The topological polar surface area (TPSA) is 184 Å². The molecule has 1 aliphatic carbocycles. The number of nitrogens with zero attached hydrogens (tertiary/aromatic N) is 7. The molecule has 2 unspecified atom stereocenters. The molecule has 6 atom stereocenters. The standard InChI is InChI=1S/C57H75N9O10S/c1-35(70-4)47-42(23-38(26-58-47)63-16-14-62(15-17-63)37-8-9-37)49-43-25-55(2,3)31-75-53(68)44-6-5-13-66(61-44)52(67)48(60-54(69)57-24-40(27-76-57)74-34-57)50(64-29-56(30-64)32-72-33-56)51-59-45(28-77-51)36-7-10-46(41(43)22-36)65(49)18-21-73-39-11-19-71-20-12-39/h7,10,22-23,26,28,35,37,39-40,44,48,50,61H,5-6,8-9,11-21,24-25,27,29-34H2,1-4H3,(H,60,69)/t35-,40?,44-,48-,50-,57?/m0/s1. The van der Waals surface area contributed by atoms with E-state index in [1.165, 1.54) is 29.2 Å². The Morgan fingerprint density at radius 1 is 0.974 bits per heavy atom. The summed E-state index contributed by atoms with van der Waals surface area (Å²) in [7, 11) is 1.74. The molecule has 1 spiro atoms. The van der Waals surface area contributed by atoms with Crippen molar-refractivity contribution < 1.29 is 47.5 Å². The van der Waals surface area contributed by atoms with Crippen LogP contribution in [0.25, 0.3) is 33.4 Å². The summed E-state index contributed by atoms with van der Waals surface area (Å²) in [6.07, 6.45) is 8.00. The highest BCUT2D eigenvalue weighted by atomic mass is 32.1. The number of anilines is 1. The third kappa shape index (κ3) is 10.0. The zero-order valence-corrected chi connectivity index (χ0v) is 45.9. The average molecular weight is 1080 g/mol. The van der Waals surface area contributed by atoms with Crippen LogP contribution >= 0.6 is 11.3 Å². The van der Waals surface area contributed by atoms with Gasteiger partial charge < -0.3 is 47.9 Å². The minimum Gasteiger partial charge on any atom is -0.464 e. The lowest BCUT2D eigenvalue weighted by Crippen LogP contribution is -2.70. The second-order valence-electron chi connectivity index (χ2n) is 24.2. The monoisotopic (exact) mass is 1080 g/mol. The first kappa shape index (κ1) is 51.8. The number of amides is 2. The van der Waals surface area contributed by atoms with Gasteiger partial charge >= 0.3 is 5.97 Å². The van der Waals surface area contributed by atoms with Crippen molar-refractivity contribution >= 4 is 45.7 Å². The molecule has 414 valence electrons. The van der Waals surface area contributed by atoms with Crippen LogP contribution in [0, 0.1) is 10.8 Å². The molecule has 0 radical (unpaired) electrons. The molecule has 77 heavy (non-hydrogen) atoms. The number of pyridine rings is 1. The van der Waals surface area contributed by atoms with E-state index in [2.05, 4.69) is 80.4 Å². The molecule has 7 saturated heterocycles. The number of nitrogens with one attached hydrogen (secondary N) is 2. The van der Waals surface area contributed by atoms with Gasteiger partial charge in [0.25, 0.3) is 11.8 Å². The first-order valence-corrected chi connectivity index (χ1v) is 29.2. The number of benzene rings is 1. The number of aromatic nitrogens is 3. The van der Waals surface area contributed by atoms with Crippen LogP contribution in [0.1, 0.15) is 94.1 Å². The minimum absolute atomic E-state index is 0.0153. The molecule has 13 rings (SSSR count). The van der Waals surface area contributed by atoms with Crippen molar-refractivity contribution in [3.63, 3.8) is 0 Å². The van der Waals surface area contributed by atoms with E-state index in [0.717, 1.165) is 95.4 Å². The van der Waals surface area contributed by atoms with Crippen LogP contribution in [0.3, 0.4) is 0 Å². The van der Waals surface area contributed by atoms with E-state index in [1.54, 1.807) is 7.11 Å². The number of carbonyl (C=O) groups excluding carboxylic acids is 3. The number of esters is 1. The van der Waals surface area contributed by atoms with Gasteiger partial charge in [0, 0.05) is 123 Å². The number of fused-ring (bicyclic) bond motifs is 8. The van der Waals surface area contributed by atoms with Crippen molar-refractivity contribution in [2.24, 2.45) is 10.8 Å². The number of hydrogen-bond donors (Lipinski definition) is 2. The smallest absolute Gasteiger partial charge is 0.324 e. The number of hydrogen-bond acceptors (Lipinski definition) is 17. The van der Waals surface area contributed by atoms with E-state index < -0.39 is 35.1 Å². The molecule has 2 N–H and O–H groups in total. The van der Waals surface area contributed by atoms with Crippen LogP contribution in [0.4, 0.5) is 5.69 Å². The molecule has 1 saturated carbocycles. The number of piperazine rings is 1. The largest absolute Gasteiger partial charge is 0.464 e. The van der Waals surface area contributed by atoms with Gasteiger partial charge in [-0.25, -0.2) is 10.4 Å². The van der Waals surface area contributed by atoms with Gasteiger partial charge in [-0.05, 0) is 75.6 Å². The molecule has 2 amide bonds. The number of rotatable bonds is 12. The first-order chi connectivity index (χ1) is 37.4. The lowest BCUT2D eigenvalue weighted by Gasteiger charge is -2.58. The zero-order chi connectivity index (χ0) is 52.6. The predicted octanol–water partition coefficient (Wildman–Crippen LogP) is 5.05. The van der Waals surface area contributed by atoms with Crippen molar-refractivity contribution in [3.8, 4) is 22.5 Å². The molecule has 11 heterocycles. The van der Waals surface area contributed by atoms with Gasteiger partial charge in [0.1, 0.15) is 17.1 Å². The third-order valence-corrected chi connectivity index (χ3v) is 18.9. The Bertz CT molecular complexity index is 2850. The normalized spacial score (nSPS) is 29.3.